The van der Waals surface area contributed by atoms with Crippen LogP contribution in [0.3, 0.4) is 0 Å². The Morgan fingerprint density at radius 1 is 0.406 bits per heavy atom. The van der Waals surface area contributed by atoms with E-state index in [2.05, 4.69) is 242 Å². The van der Waals surface area contributed by atoms with E-state index in [1.165, 1.54) is 97.3 Å². The highest BCUT2D eigenvalue weighted by Gasteiger charge is 2.35. The fraction of sp³-hybridized carbons (Fsp3) is 0.0492. The van der Waals surface area contributed by atoms with E-state index in [9.17, 15) is 0 Å². The second-order valence-corrected chi connectivity index (χ2v) is 18.7. The number of benzene rings is 10. The van der Waals surface area contributed by atoms with Crippen LogP contribution in [0.1, 0.15) is 25.0 Å². The molecule has 2 heterocycles. The molecule has 0 amide bonds. The molecule has 64 heavy (non-hydrogen) atoms. The van der Waals surface area contributed by atoms with E-state index in [0.29, 0.717) is 0 Å². The molecule has 3 heteroatoms. The summed E-state index contributed by atoms with van der Waals surface area (Å²) in [5.41, 5.74) is 17.1. The van der Waals surface area contributed by atoms with Crippen LogP contribution in [0.25, 0.3) is 91.8 Å². The molecule has 2 aromatic heterocycles. The molecule has 0 fully saturated rings. The van der Waals surface area contributed by atoms with Gasteiger partial charge in [0.1, 0.15) is 0 Å². The van der Waals surface area contributed by atoms with Gasteiger partial charge in [-0.3, -0.25) is 0 Å². The summed E-state index contributed by atoms with van der Waals surface area (Å²) < 4.78 is 5.15. The van der Waals surface area contributed by atoms with Gasteiger partial charge in [0.05, 0.1) is 15.7 Å². The Balaban J connectivity index is 0.910. The minimum atomic E-state index is -0.0995. The predicted molar refractivity (Wildman–Crippen MR) is 274 cm³/mol. The maximum atomic E-state index is 2.50. The maximum Gasteiger partial charge on any atom is 0.0726 e. The summed E-state index contributed by atoms with van der Waals surface area (Å²) in [5.74, 6) is 0. The number of aromatic nitrogens is 1. The first-order valence-electron chi connectivity index (χ1n) is 22.2. The molecule has 12 aromatic rings. The summed E-state index contributed by atoms with van der Waals surface area (Å²) in [6, 6.07) is 80.5. The summed E-state index contributed by atoms with van der Waals surface area (Å²) in [4.78, 5) is 2.40. The lowest BCUT2D eigenvalue weighted by Crippen LogP contribution is -2.16. The van der Waals surface area contributed by atoms with E-state index in [1.807, 2.05) is 11.3 Å². The summed E-state index contributed by atoms with van der Waals surface area (Å²) in [5, 5.41) is 7.89. The van der Waals surface area contributed by atoms with Crippen LogP contribution < -0.4 is 4.90 Å². The van der Waals surface area contributed by atoms with Crippen LogP contribution in [0.2, 0.25) is 0 Å². The zero-order valence-electron chi connectivity index (χ0n) is 35.6. The molecule has 2 nitrogen and oxygen atoms in total. The van der Waals surface area contributed by atoms with Gasteiger partial charge < -0.3 is 9.47 Å². The van der Waals surface area contributed by atoms with E-state index in [4.69, 9.17) is 0 Å². The summed E-state index contributed by atoms with van der Waals surface area (Å²) in [6.07, 6.45) is 0. The van der Waals surface area contributed by atoms with Gasteiger partial charge in [-0.15, -0.1) is 11.3 Å². The fourth-order valence-corrected chi connectivity index (χ4v) is 12.0. The van der Waals surface area contributed by atoms with Crippen LogP contribution in [0.15, 0.2) is 218 Å². The average Bonchev–Trinajstić information content (AvgIpc) is 3.99. The molecule has 0 bridgehead atoms. The Morgan fingerprint density at radius 3 is 1.62 bits per heavy atom. The van der Waals surface area contributed by atoms with Crippen molar-refractivity contribution in [1.82, 2.24) is 4.57 Å². The quantitative estimate of drug-likeness (QED) is 0.162. The molecular formula is C61H42N2S. The number of rotatable bonds is 6. The third-order valence-corrected chi connectivity index (χ3v) is 15.0. The first kappa shape index (κ1) is 36.9. The SMILES string of the molecule is CC1(C)c2ccccc2-c2ccc(N(c3ccc(-c4ccccc4)cc3)c3ccc(-c4ccc(-n5c6ccccc6c6c7ccccc7c7c8ccccc8sc7c65)cc4)cc3)cc21. The number of fused-ring (bicyclic) bond motifs is 13. The minimum Gasteiger partial charge on any atom is -0.310 e. The Morgan fingerprint density at radius 2 is 0.922 bits per heavy atom. The van der Waals surface area contributed by atoms with Crippen molar-refractivity contribution < 1.29 is 0 Å². The highest BCUT2D eigenvalue weighted by atomic mass is 32.1. The number of nitrogens with zero attached hydrogens (tertiary/aromatic N) is 2. The molecule has 0 unspecified atom stereocenters. The van der Waals surface area contributed by atoms with E-state index in [-0.39, 0.29) is 5.41 Å². The molecule has 0 radical (unpaired) electrons. The predicted octanol–water partition coefficient (Wildman–Crippen LogP) is 17.4. The smallest absolute Gasteiger partial charge is 0.0726 e. The molecule has 0 saturated carbocycles. The highest BCUT2D eigenvalue weighted by Crippen LogP contribution is 2.51. The Bertz CT molecular complexity index is 3780. The van der Waals surface area contributed by atoms with E-state index >= 15 is 0 Å². The zero-order chi connectivity index (χ0) is 42.5. The molecule has 13 rings (SSSR count). The van der Waals surface area contributed by atoms with E-state index < -0.39 is 0 Å². The third-order valence-electron chi connectivity index (χ3n) is 13.8. The molecular weight excluding hydrogens is 793 g/mol. The van der Waals surface area contributed by atoms with Crippen LogP contribution in [0.5, 0.6) is 0 Å². The van der Waals surface area contributed by atoms with Crippen molar-refractivity contribution in [3.05, 3.63) is 230 Å². The third kappa shape index (κ3) is 5.51. The lowest BCUT2D eigenvalue weighted by molar-refractivity contribution is 0.660. The van der Waals surface area contributed by atoms with Crippen LogP contribution in [0, 0.1) is 0 Å². The summed E-state index contributed by atoms with van der Waals surface area (Å²) in [7, 11) is 0. The van der Waals surface area contributed by atoms with E-state index in [0.717, 1.165) is 22.7 Å². The average molecular weight is 835 g/mol. The number of hydrogen-bond acceptors (Lipinski definition) is 2. The number of thiophene rings is 1. The van der Waals surface area contributed by atoms with Crippen molar-refractivity contribution in [3.63, 3.8) is 0 Å². The Hall–Kier alpha value is -7.72. The molecule has 302 valence electrons. The van der Waals surface area contributed by atoms with Gasteiger partial charge in [-0.05, 0) is 116 Å². The summed E-state index contributed by atoms with van der Waals surface area (Å²) in [6.45, 7) is 4.71. The number of anilines is 3. The Kier molecular flexibility index (Phi) is 8.16. The molecule has 0 aliphatic heterocycles. The van der Waals surface area contributed by atoms with Gasteiger partial charge in [0.25, 0.3) is 0 Å². The van der Waals surface area contributed by atoms with Crippen molar-refractivity contribution in [2.45, 2.75) is 19.3 Å². The van der Waals surface area contributed by atoms with Crippen molar-refractivity contribution in [3.8, 4) is 39.1 Å². The van der Waals surface area contributed by atoms with Crippen LogP contribution >= 0.6 is 11.3 Å². The largest absolute Gasteiger partial charge is 0.310 e. The Labute approximate surface area is 376 Å². The minimum absolute atomic E-state index is 0.0995. The molecule has 0 spiro atoms. The second kappa shape index (κ2) is 14.2. The zero-order valence-corrected chi connectivity index (χ0v) is 36.4. The van der Waals surface area contributed by atoms with Gasteiger partial charge >= 0.3 is 0 Å². The van der Waals surface area contributed by atoms with Crippen molar-refractivity contribution >= 4 is 81.1 Å². The van der Waals surface area contributed by atoms with Gasteiger partial charge in [-0.25, -0.2) is 0 Å². The molecule has 0 saturated heterocycles. The highest BCUT2D eigenvalue weighted by molar-refractivity contribution is 7.27. The topological polar surface area (TPSA) is 8.17 Å². The van der Waals surface area contributed by atoms with Crippen molar-refractivity contribution in [1.29, 1.82) is 0 Å². The van der Waals surface area contributed by atoms with Gasteiger partial charge in [-0.2, -0.15) is 0 Å². The molecule has 10 aromatic carbocycles. The lowest BCUT2D eigenvalue weighted by atomic mass is 9.82. The van der Waals surface area contributed by atoms with Crippen LogP contribution in [0.4, 0.5) is 17.1 Å². The number of para-hydroxylation sites is 1. The first-order chi connectivity index (χ1) is 31.5. The van der Waals surface area contributed by atoms with Crippen molar-refractivity contribution in [2.24, 2.45) is 0 Å². The van der Waals surface area contributed by atoms with E-state index in [1.54, 1.807) is 0 Å². The summed E-state index contributed by atoms with van der Waals surface area (Å²) >= 11 is 1.91. The normalized spacial score (nSPS) is 13.0. The molecule has 1 aliphatic carbocycles. The molecule has 1 aliphatic rings. The van der Waals surface area contributed by atoms with Gasteiger partial charge in [0.2, 0.25) is 0 Å². The second-order valence-electron chi connectivity index (χ2n) is 17.7. The first-order valence-corrected chi connectivity index (χ1v) is 23.0. The molecule has 0 atom stereocenters. The van der Waals surface area contributed by atoms with Crippen LogP contribution in [-0.2, 0) is 5.41 Å². The van der Waals surface area contributed by atoms with Gasteiger partial charge in [-0.1, -0.05) is 172 Å². The standard InChI is InChI=1S/C61H42N2S/c1-61(2)53-21-11-8-16-47(53)48-37-36-46(38-54(48)61)62(43-30-24-40(25-31-43)39-14-4-3-5-15-39)44-32-26-41(27-33-44)42-28-34-45(35-29-42)63-55-22-12-9-19-51(55)57-49-17-6-7-18-50(49)58-52-20-10-13-23-56(52)64-60(58)59(57)63/h3-38H,1-2H3. The monoisotopic (exact) mass is 834 g/mol. The van der Waals surface area contributed by atoms with Gasteiger partial charge in [0, 0.05) is 54.4 Å². The van der Waals surface area contributed by atoms with Gasteiger partial charge in [0.15, 0.2) is 0 Å². The van der Waals surface area contributed by atoms with Crippen molar-refractivity contribution in [2.75, 3.05) is 4.90 Å². The fourth-order valence-electron chi connectivity index (χ4n) is 10.7. The van der Waals surface area contributed by atoms with Crippen LogP contribution in [-0.4, -0.2) is 4.57 Å². The maximum absolute atomic E-state index is 2.50. The molecule has 0 N–H and O–H groups in total. The number of hydrogen-bond donors (Lipinski definition) is 0. The lowest BCUT2D eigenvalue weighted by Gasteiger charge is -2.28.